The first-order valence-electron chi connectivity index (χ1n) is 7.10. The van der Waals surface area contributed by atoms with Crippen LogP contribution in [0.2, 0.25) is 0 Å². The number of aromatic nitrogens is 2. The van der Waals surface area contributed by atoms with Crippen LogP contribution in [0.1, 0.15) is 49.5 Å². The van der Waals surface area contributed by atoms with Crippen molar-refractivity contribution < 1.29 is 4.79 Å². The van der Waals surface area contributed by atoms with Gasteiger partial charge < -0.3 is 4.90 Å². The number of aryl methyl sites for hydroxylation is 1. The predicted molar refractivity (Wildman–Crippen MR) is 73.2 cm³/mol. The molecule has 2 rings (SSSR count). The zero-order chi connectivity index (χ0) is 13.7. The molecular formula is C14H21N3O2. The fourth-order valence-electron chi connectivity index (χ4n) is 2.37. The maximum atomic E-state index is 12.4. The Morgan fingerprint density at radius 3 is 2.53 bits per heavy atom. The number of likely N-dealkylation sites (tertiary alicyclic amines) is 1. The highest BCUT2D eigenvalue weighted by molar-refractivity contribution is 5.92. The van der Waals surface area contributed by atoms with Gasteiger partial charge in [0.1, 0.15) is 5.69 Å². The number of hydrogen-bond acceptors (Lipinski definition) is 3. The Balaban J connectivity index is 2.18. The third kappa shape index (κ3) is 3.43. The van der Waals surface area contributed by atoms with Crippen LogP contribution in [0, 0.1) is 0 Å². The van der Waals surface area contributed by atoms with E-state index in [1.807, 2.05) is 11.8 Å². The SMILES string of the molecule is CCCn1nc(C(=O)N2CCCCCC2)ccc1=O. The lowest BCUT2D eigenvalue weighted by atomic mass is 10.2. The molecule has 0 N–H and O–H groups in total. The molecule has 104 valence electrons. The van der Waals surface area contributed by atoms with E-state index in [-0.39, 0.29) is 11.5 Å². The zero-order valence-corrected chi connectivity index (χ0v) is 11.5. The van der Waals surface area contributed by atoms with Gasteiger partial charge in [-0.05, 0) is 25.3 Å². The van der Waals surface area contributed by atoms with E-state index in [9.17, 15) is 9.59 Å². The highest BCUT2D eigenvalue weighted by atomic mass is 16.2. The Labute approximate surface area is 113 Å². The van der Waals surface area contributed by atoms with Crippen molar-refractivity contribution in [3.63, 3.8) is 0 Å². The van der Waals surface area contributed by atoms with Crippen molar-refractivity contribution in [3.05, 3.63) is 28.2 Å². The molecule has 1 aromatic rings. The molecule has 1 saturated heterocycles. The van der Waals surface area contributed by atoms with Gasteiger partial charge in [-0.3, -0.25) is 9.59 Å². The largest absolute Gasteiger partial charge is 0.337 e. The lowest BCUT2D eigenvalue weighted by Crippen LogP contribution is -2.34. The van der Waals surface area contributed by atoms with Crippen molar-refractivity contribution in [2.75, 3.05) is 13.1 Å². The van der Waals surface area contributed by atoms with Crippen LogP contribution in [0.3, 0.4) is 0 Å². The highest BCUT2D eigenvalue weighted by Gasteiger charge is 2.19. The van der Waals surface area contributed by atoms with E-state index in [1.165, 1.54) is 23.6 Å². The molecule has 0 unspecified atom stereocenters. The van der Waals surface area contributed by atoms with Gasteiger partial charge in [0.25, 0.3) is 11.5 Å². The van der Waals surface area contributed by atoms with E-state index in [1.54, 1.807) is 6.07 Å². The zero-order valence-electron chi connectivity index (χ0n) is 11.5. The second-order valence-corrected chi connectivity index (χ2v) is 4.99. The number of carbonyl (C=O) groups is 1. The Morgan fingerprint density at radius 1 is 1.21 bits per heavy atom. The molecule has 0 atom stereocenters. The summed E-state index contributed by atoms with van der Waals surface area (Å²) in [5.41, 5.74) is 0.240. The van der Waals surface area contributed by atoms with Crippen LogP contribution in [0.15, 0.2) is 16.9 Å². The Kier molecular flexibility index (Phi) is 4.71. The molecule has 2 heterocycles. The van der Waals surface area contributed by atoms with Crippen LogP contribution in [0.4, 0.5) is 0 Å². The number of nitrogens with zero attached hydrogens (tertiary/aromatic N) is 3. The lowest BCUT2D eigenvalue weighted by molar-refractivity contribution is 0.0752. The van der Waals surface area contributed by atoms with Gasteiger partial charge in [0.2, 0.25) is 0 Å². The van der Waals surface area contributed by atoms with Crippen molar-refractivity contribution in [1.82, 2.24) is 14.7 Å². The van der Waals surface area contributed by atoms with Gasteiger partial charge in [0, 0.05) is 25.7 Å². The van der Waals surface area contributed by atoms with E-state index in [4.69, 9.17) is 0 Å². The second kappa shape index (κ2) is 6.50. The third-order valence-corrected chi connectivity index (χ3v) is 3.41. The van der Waals surface area contributed by atoms with Crippen LogP contribution in [0.5, 0.6) is 0 Å². The average molecular weight is 263 g/mol. The molecule has 1 fully saturated rings. The van der Waals surface area contributed by atoms with Crippen molar-refractivity contribution in [2.24, 2.45) is 0 Å². The predicted octanol–water partition coefficient (Wildman–Crippen LogP) is 1.67. The standard InChI is InChI=1S/C14H21N3O2/c1-2-9-17-13(18)8-7-12(15-17)14(19)16-10-5-3-4-6-11-16/h7-8H,2-6,9-11H2,1H3. The molecule has 0 radical (unpaired) electrons. The first-order chi connectivity index (χ1) is 9.22. The first-order valence-corrected chi connectivity index (χ1v) is 7.10. The van der Waals surface area contributed by atoms with E-state index in [0.29, 0.717) is 12.2 Å². The summed E-state index contributed by atoms with van der Waals surface area (Å²) in [6.45, 7) is 4.14. The van der Waals surface area contributed by atoms with Gasteiger partial charge in [-0.15, -0.1) is 0 Å². The summed E-state index contributed by atoms with van der Waals surface area (Å²) in [5, 5.41) is 4.18. The lowest BCUT2D eigenvalue weighted by Gasteiger charge is -2.19. The summed E-state index contributed by atoms with van der Waals surface area (Å²) >= 11 is 0. The van der Waals surface area contributed by atoms with Crippen LogP contribution < -0.4 is 5.56 Å². The molecule has 0 aromatic carbocycles. The molecule has 5 heteroatoms. The minimum Gasteiger partial charge on any atom is -0.337 e. The normalized spacial score (nSPS) is 16.2. The smallest absolute Gasteiger partial charge is 0.274 e. The van der Waals surface area contributed by atoms with E-state index < -0.39 is 0 Å². The summed E-state index contributed by atoms with van der Waals surface area (Å²) < 4.78 is 1.38. The minimum absolute atomic E-state index is 0.0493. The molecule has 19 heavy (non-hydrogen) atoms. The monoisotopic (exact) mass is 263 g/mol. The molecule has 0 aliphatic carbocycles. The van der Waals surface area contributed by atoms with Gasteiger partial charge in [0.05, 0.1) is 0 Å². The number of carbonyl (C=O) groups excluding carboxylic acids is 1. The molecule has 0 saturated carbocycles. The summed E-state index contributed by atoms with van der Waals surface area (Å²) in [6, 6.07) is 2.98. The fourth-order valence-corrected chi connectivity index (χ4v) is 2.37. The number of rotatable bonds is 3. The Hall–Kier alpha value is -1.65. The second-order valence-electron chi connectivity index (χ2n) is 4.99. The molecule has 1 aromatic heterocycles. The maximum Gasteiger partial charge on any atom is 0.274 e. The van der Waals surface area contributed by atoms with Crippen LogP contribution in [-0.4, -0.2) is 33.7 Å². The molecule has 0 spiro atoms. The van der Waals surface area contributed by atoms with Gasteiger partial charge >= 0.3 is 0 Å². The van der Waals surface area contributed by atoms with Crippen molar-refractivity contribution in [1.29, 1.82) is 0 Å². The highest BCUT2D eigenvalue weighted by Crippen LogP contribution is 2.11. The van der Waals surface area contributed by atoms with Gasteiger partial charge in [-0.25, -0.2) is 4.68 Å². The van der Waals surface area contributed by atoms with Crippen molar-refractivity contribution >= 4 is 5.91 Å². The van der Waals surface area contributed by atoms with E-state index in [2.05, 4.69) is 5.10 Å². The Morgan fingerprint density at radius 2 is 1.89 bits per heavy atom. The molecule has 1 aliphatic heterocycles. The van der Waals surface area contributed by atoms with Crippen molar-refractivity contribution in [3.8, 4) is 0 Å². The maximum absolute atomic E-state index is 12.4. The number of hydrogen-bond donors (Lipinski definition) is 0. The molecule has 0 bridgehead atoms. The molecule has 5 nitrogen and oxygen atoms in total. The van der Waals surface area contributed by atoms with E-state index in [0.717, 1.165) is 32.4 Å². The van der Waals surface area contributed by atoms with Crippen LogP contribution in [0.25, 0.3) is 0 Å². The molecule has 1 aliphatic rings. The van der Waals surface area contributed by atoms with Gasteiger partial charge in [-0.2, -0.15) is 5.10 Å². The number of amides is 1. The summed E-state index contributed by atoms with van der Waals surface area (Å²) in [5.74, 6) is -0.0493. The first kappa shape index (κ1) is 13.8. The fraction of sp³-hybridized carbons (Fsp3) is 0.643. The minimum atomic E-state index is -0.144. The van der Waals surface area contributed by atoms with Crippen LogP contribution >= 0.6 is 0 Å². The van der Waals surface area contributed by atoms with E-state index >= 15 is 0 Å². The third-order valence-electron chi connectivity index (χ3n) is 3.41. The van der Waals surface area contributed by atoms with Gasteiger partial charge in [-0.1, -0.05) is 19.8 Å². The molecule has 1 amide bonds. The summed E-state index contributed by atoms with van der Waals surface area (Å²) in [6.07, 6.45) is 5.31. The topological polar surface area (TPSA) is 55.2 Å². The molecular weight excluding hydrogens is 242 g/mol. The summed E-state index contributed by atoms with van der Waals surface area (Å²) in [4.78, 5) is 25.8. The van der Waals surface area contributed by atoms with Crippen LogP contribution in [-0.2, 0) is 6.54 Å². The average Bonchev–Trinajstić information content (AvgIpc) is 2.69. The quantitative estimate of drug-likeness (QED) is 0.833. The van der Waals surface area contributed by atoms with Crippen molar-refractivity contribution in [2.45, 2.75) is 45.6 Å². The Bertz CT molecular complexity index is 488. The summed E-state index contributed by atoms with van der Waals surface area (Å²) in [7, 11) is 0. The van der Waals surface area contributed by atoms with Gasteiger partial charge in [0.15, 0.2) is 0 Å².